The molecule has 0 aromatic carbocycles. The van der Waals surface area contributed by atoms with Crippen LogP contribution in [0.3, 0.4) is 0 Å². The SMILES string of the molecule is CCCc1nc(Cl)c(CNC(=O)[C@@H](CS)CC(C)C)[nH]1. The first kappa shape index (κ1) is 17.4. The summed E-state index contributed by atoms with van der Waals surface area (Å²) < 4.78 is 0. The molecule has 114 valence electrons. The highest BCUT2D eigenvalue weighted by Crippen LogP contribution is 2.16. The number of hydrogen-bond donors (Lipinski definition) is 3. The van der Waals surface area contributed by atoms with Crippen LogP contribution in [0.4, 0.5) is 0 Å². The van der Waals surface area contributed by atoms with Crippen LogP contribution < -0.4 is 5.32 Å². The number of imidazole rings is 1. The first-order valence-corrected chi connectivity index (χ1v) is 8.10. The van der Waals surface area contributed by atoms with Gasteiger partial charge in [0.25, 0.3) is 0 Å². The van der Waals surface area contributed by atoms with E-state index >= 15 is 0 Å². The van der Waals surface area contributed by atoms with E-state index in [0.717, 1.165) is 30.8 Å². The molecule has 0 spiro atoms. The summed E-state index contributed by atoms with van der Waals surface area (Å²) in [4.78, 5) is 19.5. The number of H-pyrrole nitrogens is 1. The zero-order chi connectivity index (χ0) is 15.1. The lowest BCUT2D eigenvalue weighted by Gasteiger charge is -2.16. The van der Waals surface area contributed by atoms with Gasteiger partial charge in [-0.25, -0.2) is 4.98 Å². The Balaban J connectivity index is 2.55. The van der Waals surface area contributed by atoms with E-state index in [4.69, 9.17) is 11.6 Å². The minimum Gasteiger partial charge on any atom is -0.350 e. The second-order valence-electron chi connectivity index (χ2n) is 5.43. The number of rotatable bonds is 8. The number of thiol groups is 1. The third kappa shape index (κ3) is 5.37. The summed E-state index contributed by atoms with van der Waals surface area (Å²) >= 11 is 10.3. The van der Waals surface area contributed by atoms with E-state index in [-0.39, 0.29) is 11.8 Å². The summed E-state index contributed by atoms with van der Waals surface area (Å²) in [5.41, 5.74) is 0.769. The van der Waals surface area contributed by atoms with Crippen molar-refractivity contribution in [3.63, 3.8) is 0 Å². The lowest BCUT2D eigenvalue weighted by atomic mass is 9.98. The van der Waals surface area contributed by atoms with Crippen LogP contribution in [-0.2, 0) is 17.8 Å². The van der Waals surface area contributed by atoms with Gasteiger partial charge < -0.3 is 10.3 Å². The van der Waals surface area contributed by atoms with E-state index in [1.54, 1.807) is 0 Å². The molecule has 1 aromatic rings. The summed E-state index contributed by atoms with van der Waals surface area (Å²) in [6, 6.07) is 0. The molecule has 0 radical (unpaired) electrons. The third-order valence-corrected chi connectivity index (χ3v) is 3.80. The summed E-state index contributed by atoms with van der Waals surface area (Å²) in [6.07, 6.45) is 2.71. The number of carbonyl (C=O) groups is 1. The lowest BCUT2D eigenvalue weighted by Crippen LogP contribution is -2.32. The topological polar surface area (TPSA) is 57.8 Å². The van der Waals surface area contributed by atoms with Crippen molar-refractivity contribution < 1.29 is 4.79 Å². The van der Waals surface area contributed by atoms with Gasteiger partial charge >= 0.3 is 0 Å². The first-order valence-electron chi connectivity index (χ1n) is 7.09. The Morgan fingerprint density at radius 3 is 2.75 bits per heavy atom. The summed E-state index contributed by atoms with van der Waals surface area (Å²) in [6.45, 7) is 6.68. The molecule has 1 rings (SSSR count). The maximum absolute atomic E-state index is 12.1. The second kappa shape index (κ2) is 8.57. The highest BCUT2D eigenvalue weighted by molar-refractivity contribution is 7.80. The van der Waals surface area contributed by atoms with Crippen LogP contribution >= 0.6 is 24.2 Å². The molecule has 20 heavy (non-hydrogen) atoms. The van der Waals surface area contributed by atoms with Gasteiger partial charge in [0.05, 0.1) is 12.2 Å². The second-order valence-corrected chi connectivity index (χ2v) is 6.15. The molecule has 4 nitrogen and oxygen atoms in total. The molecule has 1 atom stereocenters. The van der Waals surface area contributed by atoms with Crippen LogP contribution in [0.25, 0.3) is 0 Å². The Bertz CT molecular complexity index is 434. The highest BCUT2D eigenvalue weighted by atomic mass is 35.5. The highest BCUT2D eigenvalue weighted by Gasteiger charge is 2.18. The predicted molar refractivity (Wildman–Crippen MR) is 86.2 cm³/mol. The average Bonchev–Trinajstić information content (AvgIpc) is 2.73. The van der Waals surface area contributed by atoms with E-state index < -0.39 is 0 Å². The van der Waals surface area contributed by atoms with E-state index in [1.807, 2.05) is 0 Å². The fourth-order valence-electron chi connectivity index (χ4n) is 2.07. The monoisotopic (exact) mass is 317 g/mol. The number of hydrogen-bond acceptors (Lipinski definition) is 3. The Labute approximate surface area is 131 Å². The van der Waals surface area contributed by atoms with E-state index in [1.165, 1.54) is 0 Å². The lowest BCUT2D eigenvalue weighted by molar-refractivity contribution is -0.124. The van der Waals surface area contributed by atoms with Crippen molar-refractivity contribution in [2.24, 2.45) is 11.8 Å². The van der Waals surface area contributed by atoms with Crippen LogP contribution in [0.2, 0.25) is 5.15 Å². The molecule has 0 unspecified atom stereocenters. The molecule has 0 fully saturated rings. The van der Waals surface area contributed by atoms with Gasteiger partial charge in [-0.15, -0.1) is 0 Å². The predicted octanol–water partition coefficient (Wildman–Crippen LogP) is 3.22. The molecular weight excluding hydrogens is 294 g/mol. The largest absolute Gasteiger partial charge is 0.350 e. The Morgan fingerprint density at radius 1 is 1.50 bits per heavy atom. The summed E-state index contributed by atoms with van der Waals surface area (Å²) in [5.74, 6) is 1.87. The number of amides is 1. The van der Waals surface area contributed by atoms with Gasteiger partial charge in [-0.1, -0.05) is 32.4 Å². The molecule has 0 aliphatic rings. The van der Waals surface area contributed by atoms with Crippen molar-refractivity contribution in [3.8, 4) is 0 Å². The van der Waals surface area contributed by atoms with Crippen molar-refractivity contribution >= 4 is 30.1 Å². The summed E-state index contributed by atoms with van der Waals surface area (Å²) in [7, 11) is 0. The minimum atomic E-state index is -0.0601. The fourth-order valence-corrected chi connectivity index (χ4v) is 2.60. The van der Waals surface area contributed by atoms with E-state index in [0.29, 0.717) is 23.4 Å². The van der Waals surface area contributed by atoms with Crippen molar-refractivity contribution in [1.29, 1.82) is 0 Å². The van der Waals surface area contributed by atoms with Gasteiger partial charge in [-0.2, -0.15) is 12.6 Å². The standard InChI is InChI=1S/C14H24ClN3OS/c1-4-5-12-17-11(13(15)18-12)7-16-14(19)10(8-20)6-9(2)3/h9-10,20H,4-8H2,1-3H3,(H,16,19)(H,17,18)/t10-/m1/s1. The maximum atomic E-state index is 12.1. The number of carbonyl (C=O) groups excluding carboxylic acids is 1. The molecule has 6 heteroatoms. The van der Waals surface area contributed by atoms with Gasteiger partial charge in [0.2, 0.25) is 5.91 Å². The first-order chi connectivity index (χ1) is 9.47. The van der Waals surface area contributed by atoms with Crippen molar-refractivity contribution in [2.45, 2.75) is 46.6 Å². The van der Waals surface area contributed by atoms with Crippen molar-refractivity contribution in [2.75, 3.05) is 5.75 Å². The number of aromatic nitrogens is 2. The molecule has 1 aromatic heterocycles. The Hall–Kier alpha value is -0.680. The molecule has 0 saturated carbocycles. The molecular formula is C14H24ClN3OS. The number of nitrogens with zero attached hydrogens (tertiary/aromatic N) is 1. The number of halogens is 1. The van der Waals surface area contributed by atoms with Gasteiger partial charge in [0.1, 0.15) is 5.82 Å². The molecule has 1 heterocycles. The normalized spacial score (nSPS) is 12.7. The quantitative estimate of drug-likeness (QED) is 0.645. The molecule has 1 amide bonds. The molecule has 0 aliphatic heterocycles. The van der Waals surface area contributed by atoms with Crippen molar-refractivity contribution in [3.05, 3.63) is 16.7 Å². The molecule has 0 aliphatic carbocycles. The molecule has 2 N–H and O–H groups in total. The third-order valence-electron chi connectivity index (χ3n) is 3.05. The van der Waals surface area contributed by atoms with Crippen molar-refractivity contribution in [1.82, 2.24) is 15.3 Å². The Morgan fingerprint density at radius 2 is 2.20 bits per heavy atom. The van der Waals surface area contributed by atoms with Crippen LogP contribution in [-0.4, -0.2) is 21.6 Å². The van der Waals surface area contributed by atoms with Gasteiger partial charge in [0, 0.05) is 18.1 Å². The van der Waals surface area contributed by atoms with E-state index in [9.17, 15) is 4.79 Å². The Kier molecular flexibility index (Phi) is 7.45. The van der Waals surface area contributed by atoms with Crippen LogP contribution in [0, 0.1) is 11.8 Å². The van der Waals surface area contributed by atoms with Gasteiger partial charge in [-0.05, 0) is 18.8 Å². The van der Waals surface area contributed by atoms with Crippen LogP contribution in [0.5, 0.6) is 0 Å². The maximum Gasteiger partial charge on any atom is 0.224 e. The molecule has 0 bridgehead atoms. The zero-order valence-corrected chi connectivity index (χ0v) is 14.0. The molecule has 0 saturated heterocycles. The number of aryl methyl sites for hydroxylation is 1. The van der Waals surface area contributed by atoms with Crippen LogP contribution in [0.1, 0.15) is 45.1 Å². The summed E-state index contributed by atoms with van der Waals surface area (Å²) in [5, 5.41) is 3.35. The minimum absolute atomic E-state index is 0.0245. The number of aromatic amines is 1. The smallest absolute Gasteiger partial charge is 0.224 e. The van der Waals surface area contributed by atoms with Crippen LogP contribution in [0.15, 0.2) is 0 Å². The number of nitrogens with one attached hydrogen (secondary N) is 2. The zero-order valence-electron chi connectivity index (χ0n) is 12.4. The van der Waals surface area contributed by atoms with E-state index in [2.05, 4.69) is 48.7 Å². The van der Waals surface area contributed by atoms with Gasteiger partial charge in [-0.3, -0.25) is 4.79 Å². The fraction of sp³-hybridized carbons (Fsp3) is 0.714. The van der Waals surface area contributed by atoms with Gasteiger partial charge in [0.15, 0.2) is 5.15 Å². The average molecular weight is 318 g/mol.